The normalized spacial score (nSPS) is 18.8. The highest BCUT2D eigenvalue weighted by Crippen LogP contribution is 2.31. The Kier molecular flexibility index (Phi) is 6.58. The van der Waals surface area contributed by atoms with Gasteiger partial charge in [-0.25, -0.2) is 14.0 Å². The van der Waals surface area contributed by atoms with Crippen LogP contribution in [0.25, 0.3) is 10.9 Å². The Morgan fingerprint density at radius 1 is 1.24 bits per heavy atom. The molecule has 1 fully saturated rings. The fourth-order valence-electron chi connectivity index (χ4n) is 4.47. The summed E-state index contributed by atoms with van der Waals surface area (Å²) in [6, 6.07) is 9.13. The summed E-state index contributed by atoms with van der Waals surface area (Å²) >= 11 is 5.86. The molecule has 34 heavy (non-hydrogen) atoms. The highest BCUT2D eigenvalue weighted by atomic mass is 35.5. The van der Waals surface area contributed by atoms with Gasteiger partial charge in [0.15, 0.2) is 5.78 Å². The zero-order valence-electron chi connectivity index (χ0n) is 18.4. The van der Waals surface area contributed by atoms with Crippen LogP contribution in [0, 0.1) is 5.82 Å². The number of benzene rings is 2. The maximum Gasteiger partial charge on any atom is 0.323 e. The molecule has 1 saturated heterocycles. The van der Waals surface area contributed by atoms with Crippen molar-refractivity contribution in [2.24, 2.45) is 5.73 Å². The van der Waals surface area contributed by atoms with Crippen LogP contribution < -0.4 is 11.1 Å². The molecule has 10 heteroatoms. The lowest BCUT2D eigenvalue weighted by molar-refractivity contribution is -0.125. The molecule has 4 rings (SSSR count). The fraction of sp³-hybridized carbons (Fsp3) is 0.292. The van der Waals surface area contributed by atoms with E-state index < -0.39 is 35.9 Å². The molecule has 2 aromatic carbocycles. The third kappa shape index (κ3) is 4.36. The van der Waals surface area contributed by atoms with Gasteiger partial charge in [0.25, 0.3) is 0 Å². The van der Waals surface area contributed by atoms with Crippen molar-refractivity contribution in [3.05, 3.63) is 65.1 Å². The number of carbonyl (C=O) groups excluding carboxylic acids is 3. The molecule has 2 heterocycles. The van der Waals surface area contributed by atoms with Gasteiger partial charge in [-0.2, -0.15) is 0 Å². The number of carbonyl (C=O) groups is 3. The minimum atomic E-state index is -1.07. The van der Waals surface area contributed by atoms with Gasteiger partial charge in [-0.05, 0) is 30.0 Å². The Morgan fingerprint density at radius 3 is 2.71 bits per heavy atom. The summed E-state index contributed by atoms with van der Waals surface area (Å²) in [6.45, 7) is 1.86. The Morgan fingerprint density at radius 2 is 1.97 bits per heavy atom. The van der Waals surface area contributed by atoms with Gasteiger partial charge in [0, 0.05) is 24.5 Å². The number of aromatic nitrogens is 1. The Bertz CT molecular complexity index is 1280. The number of nitrogens with zero attached hydrogens (tertiary/aromatic N) is 2. The molecule has 0 spiro atoms. The number of urea groups is 1. The van der Waals surface area contributed by atoms with Crippen molar-refractivity contribution in [1.29, 1.82) is 0 Å². The van der Waals surface area contributed by atoms with Crippen LogP contribution in [0.3, 0.4) is 0 Å². The van der Waals surface area contributed by atoms with E-state index in [4.69, 9.17) is 17.3 Å². The zero-order chi connectivity index (χ0) is 24.6. The minimum absolute atomic E-state index is 0.0335. The van der Waals surface area contributed by atoms with Crippen LogP contribution in [0.15, 0.2) is 48.7 Å². The second-order valence-corrected chi connectivity index (χ2v) is 8.81. The van der Waals surface area contributed by atoms with E-state index in [1.165, 1.54) is 21.7 Å². The summed E-state index contributed by atoms with van der Waals surface area (Å²) in [5, 5.41) is 13.8. The number of primary amides is 1. The maximum absolute atomic E-state index is 14.4. The number of para-hydroxylation sites is 1. The summed E-state index contributed by atoms with van der Waals surface area (Å²) in [5.74, 6) is -1.47. The highest BCUT2D eigenvalue weighted by Gasteiger charge is 2.41. The number of amides is 3. The van der Waals surface area contributed by atoms with Gasteiger partial charge in [0.2, 0.25) is 0 Å². The van der Waals surface area contributed by atoms with E-state index in [9.17, 15) is 23.9 Å². The van der Waals surface area contributed by atoms with Gasteiger partial charge in [0.1, 0.15) is 11.9 Å². The first-order valence-corrected chi connectivity index (χ1v) is 11.2. The number of nitrogens with one attached hydrogen (secondary N) is 1. The Hall–Kier alpha value is -3.43. The summed E-state index contributed by atoms with van der Waals surface area (Å²) in [4.78, 5) is 39.2. The van der Waals surface area contributed by atoms with Crippen LogP contribution in [-0.2, 0) is 4.79 Å². The third-order valence-corrected chi connectivity index (χ3v) is 6.46. The van der Waals surface area contributed by atoms with Gasteiger partial charge < -0.3 is 21.1 Å². The van der Waals surface area contributed by atoms with Gasteiger partial charge in [-0.15, -0.1) is 0 Å². The molecule has 0 unspecified atom stereocenters. The monoisotopic (exact) mass is 486 g/mol. The van der Waals surface area contributed by atoms with E-state index in [1.54, 1.807) is 43.3 Å². The molecule has 178 valence electrons. The number of likely N-dealkylation sites (tertiary alicyclic amines) is 1. The van der Waals surface area contributed by atoms with Crippen LogP contribution in [0.2, 0.25) is 5.02 Å². The quantitative estimate of drug-likeness (QED) is 0.503. The number of hydrogen-bond acceptors (Lipinski definition) is 4. The zero-order valence-corrected chi connectivity index (χ0v) is 19.1. The van der Waals surface area contributed by atoms with E-state index in [2.05, 4.69) is 5.32 Å². The molecule has 4 N–H and O–H groups in total. The Labute approximate surface area is 200 Å². The minimum Gasteiger partial charge on any atom is -0.390 e. The maximum atomic E-state index is 14.4. The van der Waals surface area contributed by atoms with Crippen molar-refractivity contribution in [2.75, 3.05) is 11.9 Å². The smallest absolute Gasteiger partial charge is 0.323 e. The summed E-state index contributed by atoms with van der Waals surface area (Å²) in [5.41, 5.74) is 6.60. The van der Waals surface area contributed by atoms with Crippen LogP contribution >= 0.6 is 11.6 Å². The van der Waals surface area contributed by atoms with Gasteiger partial charge in [-0.3, -0.25) is 9.36 Å². The number of halogens is 2. The van der Waals surface area contributed by atoms with Crippen molar-refractivity contribution in [2.45, 2.75) is 37.8 Å². The highest BCUT2D eigenvalue weighted by molar-refractivity contribution is 6.30. The molecule has 8 nitrogen and oxygen atoms in total. The standard InChI is InChI=1S/C24H24ClFN4O4/c1-13(14-6-4-7-16(25)21(14)26)11-20(32)22-19(31)9-10-29(22)24(34)28-17-12-30(23(27)33)18-8-3-2-5-15(17)18/h2-8,12-13,19,22,31H,9-11H2,1H3,(H2,27,33)(H,28,34)/t13-,19-,22+/m1/s1. The molecule has 0 aliphatic carbocycles. The number of fused-ring (bicyclic) bond motifs is 1. The van der Waals surface area contributed by atoms with E-state index in [0.717, 1.165) is 0 Å². The van der Waals surface area contributed by atoms with E-state index >= 15 is 0 Å². The molecule has 3 atom stereocenters. The number of rotatable bonds is 5. The number of Topliss-reactive ketones (excluding diaryl/α,β-unsaturated/α-hetero) is 1. The summed E-state index contributed by atoms with van der Waals surface area (Å²) < 4.78 is 15.6. The molecule has 3 aromatic rings. The second kappa shape index (κ2) is 9.44. The lowest BCUT2D eigenvalue weighted by Gasteiger charge is -2.26. The molecular formula is C24H24ClFN4O4. The first kappa shape index (κ1) is 23.7. The molecular weight excluding hydrogens is 463 g/mol. The van der Waals surface area contributed by atoms with E-state index in [1.807, 2.05) is 0 Å². The lowest BCUT2D eigenvalue weighted by Crippen LogP contribution is -2.47. The van der Waals surface area contributed by atoms with E-state index in [-0.39, 0.29) is 30.2 Å². The lowest BCUT2D eigenvalue weighted by atomic mass is 9.91. The van der Waals surface area contributed by atoms with Gasteiger partial charge in [-0.1, -0.05) is 48.9 Å². The average Bonchev–Trinajstić information content (AvgIpc) is 3.36. The second-order valence-electron chi connectivity index (χ2n) is 8.41. The largest absolute Gasteiger partial charge is 0.390 e. The van der Waals surface area contributed by atoms with Crippen molar-refractivity contribution < 1.29 is 23.9 Å². The van der Waals surface area contributed by atoms with Crippen LogP contribution in [0.4, 0.5) is 19.7 Å². The number of aliphatic hydroxyl groups excluding tert-OH is 1. The predicted molar refractivity (Wildman–Crippen MR) is 127 cm³/mol. The number of hydrogen-bond donors (Lipinski definition) is 3. The van der Waals surface area contributed by atoms with Gasteiger partial charge >= 0.3 is 12.1 Å². The third-order valence-electron chi connectivity index (χ3n) is 6.17. The molecule has 0 bridgehead atoms. The number of ketones is 1. The predicted octanol–water partition coefficient (Wildman–Crippen LogP) is 4.09. The molecule has 3 amide bonds. The first-order valence-electron chi connectivity index (χ1n) is 10.8. The SMILES string of the molecule is C[C@H](CC(=O)[C@@H]1[C@H](O)CCN1C(=O)Nc1cn(C(N)=O)c2ccccc12)c1cccc(Cl)c1F. The summed E-state index contributed by atoms with van der Waals surface area (Å²) in [7, 11) is 0. The van der Waals surface area contributed by atoms with Crippen molar-refractivity contribution in [3.63, 3.8) is 0 Å². The van der Waals surface area contributed by atoms with Gasteiger partial charge in [0.05, 0.1) is 22.3 Å². The van der Waals surface area contributed by atoms with Crippen molar-refractivity contribution >= 4 is 46.0 Å². The molecule has 0 saturated carbocycles. The van der Waals surface area contributed by atoms with Crippen molar-refractivity contribution in [3.8, 4) is 0 Å². The fourth-order valence-corrected chi connectivity index (χ4v) is 4.66. The molecule has 1 aliphatic heterocycles. The number of nitrogens with two attached hydrogens (primary N) is 1. The average molecular weight is 487 g/mol. The first-order chi connectivity index (χ1) is 16.2. The molecule has 1 aliphatic rings. The van der Waals surface area contributed by atoms with Crippen LogP contribution in [0.5, 0.6) is 0 Å². The van der Waals surface area contributed by atoms with Crippen LogP contribution in [-0.4, -0.2) is 51.1 Å². The summed E-state index contributed by atoms with van der Waals surface area (Å²) in [6.07, 6.45) is 0.524. The molecule has 1 aromatic heterocycles. The van der Waals surface area contributed by atoms with Crippen LogP contribution in [0.1, 0.15) is 31.2 Å². The number of aliphatic hydroxyl groups is 1. The molecule has 0 radical (unpaired) electrons. The Balaban J connectivity index is 1.53. The topological polar surface area (TPSA) is 118 Å². The number of anilines is 1. The van der Waals surface area contributed by atoms with Crippen molar-refractivity contribution in [1.82, 2.24) is 9.47 Å². The van der Waals surface area contributed by atoms with E-state index in [0.29, 0.717) is 22.2 Å².